The number of ether oxygens (including phenoxy) is 1. The van der Waals surface area contributed by atoms with Crippen molar-refractivity contribution in [1.29, 1.82) is 0 Å². The summed E-state index contributed by atoms with van der Waals surface area (Å²) in [5.74, 6) is 0. The van der Waals surface area contributed by atoms with E-state index in [9.17, 15) is 14.8 Å². The van der Waals surface area contributed by atoms with Crippen LogP contribution in [0.1, 0.15) is 26.3 Å². The highest BCUT2D eigenvalue weighted by Crippen LogP contribution is 2.06. The van der Waals surface area contributed by atoms with Crippen LogP contribution in [0.4, 0.5) is 4.79 Å². The molecule has 0 aliphatic rings. The van der Waals surface area contributed by atoms with Crippen molar-refractivity contribution in [3.8, 4) is 0 Å². The molecule has 1 amide bonds. The van der Waals surface area contributed by atoms with Crippen molar-refractivity contribution in [2.24, 2.45) is 0 Å². The highest BCUT2D eigenvalue weighted by Gasteiger charge is 2.17. The first-order valence-electron chi connectivity index (χ1n) is 7.28. The van der Waals surface area contributed by atoms with Crippen LogP contribution in [0.25, 0.3) is 0 Å². The van der Waals surface area contributed by atoms with Gasteiger partial charge in [-0.25, -0.2) is 4.79 Å². The maximum absolute atomic E-state index is 11.5. The van der Waals surface area contributed by atoms with Crippen molar-refractivity contribution in [1.82, 2.24) is 10.2 Å². The van der Waals surface area contributed by atoms with Crippen LogP contribution in [0, 0.1) is 0 Å². The van der Waals surface area contributed by atoms with Gasteiger partial charge in [-0.1, -0.05) is 24.3 Å². The zero-order valence-corrected chi connectivity index (χ0v) is 13.7. The van der Waals surface area contributed by atoms with Crippen LogP contribution < -0.4 is 10.8 Å². The van der Waals surface area contributed by atoms with Gasteiger partial charge in [0.2, 0.25) is 0 Å². The first-order chi connectivity index (χ1) is 10.2. The molecule has 1 aromatic rings. The molecule has 22 heavy (non-hydrogen) atoms. The third-order valence-electron chi connectivity index (χ3n) is 2.94. The van der Waals surface area contributed by atoms with Crippen molar-refractivity contribution in [2.45, 2.75) is 32.9 Å². The van der Waals surface area contributed by atoms with Crippen LogP contribution in [0.2, 0.25) is 0 Å². The fourth-order valence-corrected chi connectivity index (χ4v) is 1.96. The Morgan fingerprint density at radius 1 is 1.32 bits per heavy atom. The molecule has 0 fully saturated rings. The van der Waals surface area contributed by atoms with Crippen LogP contribution in [0.3, 0.4) is 0 Å². The van der Waals surface area contributed by atoms with Crippen LogP contribution in [0.5, 0.6) is 0 Å². The van der Waals surface area contributed by atoms with E-state index in [1.54, 1.807) is 12.1 Å². The highest BCUT2D eigenvalue weighted by molar-refractivity contribution is 6.59. The number of benzene rings is 1. The molecule has 0 atom stereocenters. The van der Waals surface area contributed by atoms with Crippen molar-refractivity contribution in [3.05, 3.63) is 29.8 Å². The van der Waals surface area contributed by atoms with Gasteiger partial charge in [0.15, 0.2) is 0 Å². The monoisotopic (exact) mass is 308 g/mol. The zero-order valence-electron chi connectivity index (χ0n) is 13.7. The summed E-state index contributed by atoms with van der Waals surface area (Å²) >= 11 is 0. The average molecular weight is 308 g/mol. The maximum Gasteiger partial charge on any atom is 0.488 e. The van der Waals surface area contributed by atoms with Crippen molar-refractivity contribution in [2.75, 3.05) is 20.1 Å². The molecule has 0 saturated heterocycles. The standard InChI is InChI=1S/C15H25BN2O4/c1-15(2,3)22-14(19)17-9-10-18(4)11-12-7-5-6-8-13(12)16(20)21/h5-8,20-21H,9-11H2,1-4H3,(H,17,19). The predicted octanol–water partition coefficient (Wildman–Crippen LogP) is 0.323. The summed E-state index contributed by atoms with van der Waals surface area (Å²) in [6, 6.07) is 7.16. The molecule has 0 bridgehead atoms. The quantitative estimate of drug-likeness (QED) is 0.660. The molecule has 0 aliphatic carbocycles. The maximum atomic E-state index is 11.5. The average Bonchev–Trinajstić information content (AvgIpc) is 2.36. The molecule has 1 aromatic carbocycles. The summed E-state index contributed by atoms with van der Waals surface area (Å²) in [7, 11) is 0.418. The van der Waals surface area contributed by atoms with Gasteiger partial charge in [0.25, 0.3) is 0 Å². The first-order valence-corrected chi connectivity index (χ1v) is 7.28. The van der Waals surface area contributed by atoms with E-state index in [2.05, 4.69) is 5.32 Å². The van der Waals surface area contributed by atoms with Gasteiger partial charge in [-0.05, 0) is 38.8 Å². The zero-order chi connectivity index (χ0) is 16.8. The minimum absolute atomic E-state index is 0.438. The molecule has 7 heteroatoms. The molecule has 0 radical (unpaired) electrons. The van der Waals surface area contributed by atoms with Gasteiger partial charge < -0.3 is 25.0 Å². The molecule has 3 N–H and O–H groups in total. The van der Waals surface area contributed by atoms with Gasteiger partial charge in [-0.2, -0.15) is 0 Å². The molecule has 0 unspecified atom stereocenters. The van der Waals surface area contributed by atoms with Gasteiger partial charge >= 0.3 is 13.2 Å². The molecular weight excluding hydrogens is 283 g/mol. The lowest BCUT2D eigenvalue weighted by Gasteiger charge is -2.21. The van der Waals surface area contributed by atoms with E-state index in [1.165, 1.54) is 0 Å². The number of carbonyl (C=O) groups is 1. The van der Waals surface area contributed by atoms with Gasteiger partial charge in [0.05, 0.1) is 0 Å². The second kappa shape index (κ2) is 8.17. The minimum Gasteiger partial charge on any atom is -0.444 e. The number of nitrogens with one attached hydrogen (secondary N) is 1. The topological polar surface area (TPSA) is 82.0 Å². The summed E-state index contributed by atoms with van der Waals surface area (Å²) < 4.78 is 5.15. The number of alkyl carbamates (subject to hydrolysis) is 1. The van der Waals surface area contributed by atoms with Crippen LogP contribution in [-0.4, -0.2) is 53.9 Å². The lowest BCUT2D eigenvalue weighted by atomic mass is 9.77. The summed E-state index contributed by atoms with van der Waals surface area (Å²) in [5.41, 5.74) is 0.832. The number of nitrogens with zero attached hydrogens (tertiary/aromatic N) is 1. The molecule has 0 aromatic heterocycles. The van der Waals surface area contributed by atoms with Crippen molar-refractivity contribution >= 4 is 18.7 Å². The van der Waals surface area contributed by atoms with E-state index >= 15 is 0 Å². The molecule has 0 saturated carbocycles. The summed E-state index contributed by atoms with van der Waals surface area (Å²) in [6.45, 7) is 7.08. The van der Waals surface area contributed by atoms with E-state index in [4.69, 9.17) is 4.74 Å². The molecular formula is C15H25BN2O4. The van der Waals surface area contributed by atoms with E-state index in [-0.39, 0.29) is 0 Å². The van der Waals surface area contributed by atoms with Crippen molar-refractivity contribution in [3.63, 3.8) is 0 Å². The fourth-order valence-electron chi connectivity index (χ4n) is 1.96. The third kappa shape index (κ3) is 6.93. The second-order valence-electron chi connectivity index (χ2n) is 6.24. The largest absolute Gasteiger partial charge is 0.488 e. The van der Waals surface area contributed by atoms with Gasteiger partial charge in [-0.3, -0.25) is 0 Å². The number of hydrogen-bond acceptors (Lipinski definition) is 5. The van der Waals surface area contributed by atoms with Crippen LogP contribution in [-0.2, 0) is 11.3 Å². The SMILES string of the molecule is CN(CCNC(=O)OC(C)(C)C)Cc1ccccc1B(O)O. The molecule has 1 rings (SSSR count). The Morgan fingerprint density at radius 3 is 2.55 bits per heavy atom. The fraction of sp³-hybridized carbons (Fsp3) is 0.533. The minimum atomic E-state index is -1.48. The Morgan fingerprint density at radius 2 is 1.95 bits per heavy atom. The number of hydrogen-bond donors (Lipinski definition) is 3. The van der Waals surface area contributed by atoms with E-state index in [1.807, 2.05) is 44.9 Å². The van der Waals surface area contributed by atoms with Crippen LogP contribution >= 0.6 is 0 Å². The number of rotatable bonds is 6. The Bertz CT molecular complexity index is 489. The smallest absolute Gasteiger partial charge is 0.444 e. The molecule has 6 nitrogen and oxygen atoms in total. The predicted molar refractivity (Wildman–Crippen MR) is 86.8 cm³/mol. The van der Waals surface area contributed by atoms with Crippen LogP contribution in [0.15, 0.2) is 24.3 Å². The Labute approximate surface area is 132 Å². The van der Waals surface area contributed by atoms with Gasteiger partial charge in [-0.15, -0.1) is 0 Å². The van der Waals surface area contributed by atoms with Crippen molar-refractivity contribution < 1.29 is 19.6 Å². The number of likely N-dealkylation sites (N-methyl/N-ethyl adjacent to an activating group) is 1. The van der Waals surface area contributed by atoms with Gasteiger partial charge in [0, 0.05) is 19.6 Å². The van der Waals surface area contributed by atoms with Gasteiger partial charge in [0.1, 0.15) is 5.60 Å². The van der Waals surface area contributed by atoms with E-state index in [0.717, 1.165) is 5.56 Å². The van der Waals surface area contributed by atoms with E-state index in [0.29, 0.717) is 25.1 Å². The summed E-state index contributed by atoms with van der Waals surface area (Å²) in [6.07, 6.45) is -0.438. The molecule has 122 valence electrons. The third-order valence-corrected chi connectivity index (χ3v) is 2.94. The Kier molecular flexibility index (Phi) is 6.86. The Hall–Kier alpha value is -1.57. The lowest BCUT2D eigenvalue weighted by Crippen LogP contribution is -2.38. The summed E-state index contributed by atoms with van der Waals surface area (Å²) in [5, 5.41) is 21.4. The molecule has 0 aliphatic heterocycles. The first kappa shape index (κ1) is 18.5. The normalized spacial score (nSPS) is 11.4. The lowest BCUT2D eigenvalue weighted by molar-refractivity contribution is 0.0523. The Balaban J connectivity index is 2.41. The molecule has 0 heterocycles. The highest BCUT2D eigenvalue weighted by atomic mass is 16.6. The summed E-state index contributed by atoms with van der Waals surface area (Å²) in [4.78, 5) is 13.5. The number of carbonyl (C=O) groups excluding carboxylic acids is 1. The molecule has 0 spiro atoms. The van der Waals surface area contributed by atoms with E-state index < -0.39 is 18.8 Å². The second-order valence-corrected chi connectivity index (χ2v) is 6.24. The number of amides is 1.